The van der Waals surface area contributed by atoms with Crippen molar-refractivity contribution in [3.63, 3.8) is 0 Å². The molecule has 2 N–H and O–H groups in total. The van der Waals surface area contributed by atoms with E-state index in [1.165, 1.54) is 0 Å². The zero-order valence-corrected chi connectivity index (χ0v) is 11.2. The maximum atomic E-state index is 6.19. The number of rotatable bonds is 1. The molecule has 6 heteroatoms. The highest BCUT2D eigenvalue weighted by Gasteiger charge is 2.56. The first kappa shape index (κ1) is 12.8. The van der Waals surface area contributed by atoms with Crippen LogP contribution in [0.5, 0.6) is 0 Å². The van der Waals surface area contributed by atoms with Crippen molar-refractivity contribution in [3.05, 3.63) is 0 Å². The number of fused-ring (bicyclic) bond motifs is 1. The first-order valence-electron chi connectivity index (χ1n) is 6.36. The molecule has 3 rings (SSSR count). The van der Waals surface area contributed by atoms with Gasteiger partial charge in [0.2, 0.25) is 0 Å². The summed E-state index contributed by atoms with van der Waals surface area (Å²) in [6.45, 7) is 7.95. The molecule has 0 aromatic rings. The molecule has 1 unspecified atom stereocenters. The average molecular weight is 259 g/mol. The first-order valence-corrected chi connectivity index (χ1v) is 6.36. The summed E-state index contributed by atoms with van der Waals surface area (Å²) in [5.41, 5.74) is 6.19. The summed E-state index contributed by atoms with van der Waals surface area (Å²) in [5, 5.41) is 0. The predicted molar refractivity (Wildman–Crippen MR) is 61.6 cm³/mol. The van der Waals surface area contributed by atoms with E-state index in [2.05, 4.69) is 0 Å². The van der Waals surface area contributed by atoms with Gasteiger partial charge in [0, 0.05) is 0 Å². The Labute approximate surface area is 107 Å². The third-order valence-electron chi connectivity index (χ3n) is 3.53. The molecular weight excluding hydrogens is 238 g/mol. The lowest BCUT2D eigenvalue weighted by Crippen LogP contribution is -2.47. The lowest BCUT2D eigenvalue weighted by molar-refractivity contribution is -0.222. The molecular formula is C12H21NO5. The van der Waals surface area contributed by atoms with Crippen LogP contribution in [0.2, 0.25) is 0 Å². The van der Waals surface area contributed by atoms with Gasteiger partial charge in [0.15, 0.2) is 17.9 Å². The van der Waals surface area contributed by atoms with E-state index in [1.54, 1.807) is 0 Å². The molecule has 0 aromatic heterocycles. The normalized spacial score (nSPS) is 49.5. The van der Waals surface area contributed by atoms with Crippen LogP contribution in [-0.2, 0) is 23.7 Å². The minimum absolute atomic E-state index is 0.170. The van der Waals surface area contributed by atoms with Crippen LogP contribution in [0, 0.1) is 0 Å². The number of hydrogen-bond donors (Lipinski definition) is 1. The minimum atomic E-state index is -0.635. The topological polar surface area (TPSA) is 72.2 Å². The maximum Gasteiger partial charge on any atom is 0.189 e. The molecule has 3 saturated heterocycles. The Morgan fingerprint density at radius 2 is 1.67 bits per heavy atom. The summed E-state index contributed by atoms with van der Waals surface area (Å²) in [6.07, 6.45) is -1.07. The van der Waals surface area contributed by atoms with Gasteiger partial charge in [-0.25, -0.2) is 0 Å². The fraction of sp³-hybridized carbons (Fsp3) is 1.00. The van der Waals surface area contributed by atoms with Crippen LogP contribution in [0.1, 0.15) is 27.7 Å². The molecule has 0 saturated carbocycles. The molecule has 0 aliphatic carbocycles. The largest absolute Gasteiger partial charge is 0.348 e. The van der Waals surface area contributed by atoms with Crippen molar-refractivity contribution in [2.75, 3.05) is 6.61 Å². The second-order valence-corrected chi connectivity index (χ2v) is 6.01. The van der Waals surface area contributed by atoms with Gasteiger partial charge in [-0.15, -0.1) is 0 Å². The Balaban J connectivity index is 1.68. The quantitative estimate of drug-likeness (QED) is 0.732. The van der Waals surface area contributed by atoms with Gasteiger partial charge in [0.1, 0.15) is 18.3 Å². The van der Waals surface area contributed by atoms with E-state index in [1.807, 2.05) is 27.7 Å². The van der Waals surface area contributed by atoms with Crippen molar-refractivity contribution < 1.29 is 23.7 Å². The monoisotopic (exact) mass is 259 g/mol. The van der Waals surface area contributed by atoms with Gasteiger partial charge < -0.3 is 29.4 Å². The van der Waals surface area contributed by atoms with Crippen molar-refractivity contribution >= 4 is 0 Å². The number of ether oxygens (including phenoxy) is 5. The van der Waals surface area contributed by atoms with Crippen LogP contribution >= 0.6 is 0 Å². The second kappa shape index (κ2) is 3.88. The fourth-order valence-corrected chi connectivity index (χ4v) is 2.77. The van der Waals surface area contributed by atoms with Crippen LogP contribution in [0.25, 0.3) is 0 Å². The highest BCUT2D eigenvalue weighted by molar-refractivity contribution is 4.99. The van der Waals surface area contributed by atoms with E-state index >= 15 is 0 Å². The molecule has 3 heterocycles. The lowest BCUT2D eigenvalue weighted by Gasteiger charge is -2.26. The molecule has 18 heavy (non-hydrogen) atoms. The average Bonchev–Trinajstić information content (AvgIpc) is 2.81. The highest BCUT2D eigenvalue weighted by Crippen LogP contribution is 2.39. The van der Waals surface area contributed by atoms with E-state index in [0.29, 0.717) is 6.61 Å². The standard InChI is InChI=1S/C12H21NO5/c1-11(2)14-5-6(16-11)8-7(13)9-10(15-8)18-12(3,4)17-9/h6-10H,5,13H2,1-4H3/t6-,7+,8-,9-,10?/m1/s1. The molecule has 3 aliphatic rings. The Morgan fingerprint density at radius 3 is 2.22 bits per heavy atom. The van der Waals surface area contributed by atoms with Crippen molar-refractivity contribution in [2.45, 2.75) is 69.9 Å². The molecule has 0 radical (unpaired) electrons. The summed E-state index contributed by atoms with van der Waals surface area (Å²) < 4.78 is 28.6. The lowest BCUT2D eigenvalue weighted by atomic mass is 10.0. The number of hydrogen-bond acceptors (Lipinski definition) is 6. The third kappa shape index (κ3) is 2.07. The van der Waals surface area contributed by atoms with Gasteiger partial charge >= 0.3 is 0 Å². The Hall–Kier alpha value is -0.240. The summed E-state index contributed by atoms with van der Waals surface area (Å²) in [4.78, 5) is 0. The summed E-state index contributed by atoms with van der Waals surface area (Å²) in [5.74, 6) is -1.21. The third-order valence-corrected chi connectivity index (χ3v) is 3.53. The highest BCUT2D eigenvalue weighted by atomic mass is 16.8. The molecule has 0 spiro atoms. The van der Waals surface area contributed by atoms with Crippen LogP contribution in [0.15, 0.2) is 0 Å². The van der Waals surface area contributed by atoms with Gasteiger partial charge in [0.25, 0.3) is 0 Å². The maximum absolute atomic E-state index is 6.19. The number of nitrogens with two attached hydrogens (primary N) is 1. The molecule has 3 fully saturated rings. The summed E-state index contributed by atoms with van der Waals surface area (Å²) >= 11 is 0. The van der Waals surface area contributed by atoms with E-state index in [9.17, 15) is 0 Å². The van der Waals surface area contributed by atoms with E-state index in [0.717, 1.165) is 0 Å². The molecule has 0 aromatic carbocycles. The zero-order chi connectivity index (χ0) is 13.1. The molecule has 104 valence electrons. The second-order valence-electron chi connectivity index (χ2n) is 6.01. The van der Waals surface area contributed by atoms with Gasteiger partial charge in [-0.3, -0.25) is 0 Å². The van der Waals surface area contributed by atoms with Gasteiger partial charge in [-0.05, 0) is 27.7 Å². The van der Waals surface area contributed by atoms with Gasteiger partial charge in [-0.1, -0.05) is 0 Å². The van der Waals surface area contributed by atoms with Crippen LogP contribution in [0.3, 0.4) is 0 Å². The molecule has 0 amide bonds. The van der Waals surface area contributed by atoms with E-state index < -0.39 is 17.9 Å². The van der Waals surface area contributed by atoms with Crippen molar-refractivity contribution in [1.82, 2.24) is 0 Å². The van der Waals surface area contributed by atoms with E-state index in [-0.39, 0.29) is 24.4 Å². The van der Waals surface area contributed by atoms with Crippen LogP contribution < -0.4 is 5.73 Å². The molecule has 3 aliphatic heterocycles. The van der Waals surface area contributed by atoms with Crippen molar-refractivity contribution in [2.24, 2.45) is 5.73 Å². The van der Waals surface area contributed by atoms with Crippen LogP contribution in [-0.4, -0.2) is 48.8 Å². The van der Waals surface area contributed by atoms with Crippen molar-refractivity contribution in [3.8, 4) is 0 Å². The fourth-order valence-electron chi connectivity index (χ4n) is 2.77. The minimum Gasteiger partial charge on any atom is -0.348 e. The summed E-state index contributed by atoms with van der Waals surface area (Å²) in [6, 6.07) is -0.265. The molecule has 5 atom stereocenters. The van der Waals surface area contributed by atoms with Crippen LogP contribution in [0.4, 0.5) is 0 Å². The Morgan fingerprint density at radius 1 is 0.944 bits per heavy atom. The molecule has 0 bridgehead atoms. The van der Waals surface area contributed by atoms with Gasteiger partial charge in [-0.2, -0.15) is 0 Å². The van der Waals surface area contributed by atoms with Crippen molar-refractivity contribution in [1.29, 1.82) is 0 Å². The van der Waals surface area contributed by atoms with Gasteiger partial charge in [0.05, 0.1) is 12.6 Å². The smallest absolute Gasteiger partial charge is 0.189 e. The SMILES string of the molecule is CC1(C)OC[C@H]([C@H]2OC3OC(C)(C)O[C@@H]3[C@H]2N)O1. The summed E-state index contributed by atoms with van der Waals surface area (Å²) in [7, 11) is 0. The Kier molecular flexibility index (Phi) is 2.75. The Bertz CT molecular complexity index is 345. The molecule has 6 nitrogen and oxygen atoms in total. The predicted octanol–water partition coefficient (Wildman–Crippen LogP) is 0.342. The van der Waals surface area contributed by atoms with E-state index in [4.69, 9.17) is 29.4 Å². The first-order chi connectivity index (χ1) is 8.27. The zero-order valence-electron chi connectivity index (χ0n) is 11.2.